The predicted octanol–water partition coefficient (Wildman–Crippen LogP) is 0.912. The third-order valence-electron chi connectivity index (χ3n) is 6.80. The molecule has 1 aromatic carbocycles. The van der Waals surface area contributed by atoms with Gasteiger partial charge in [-0.2, -0.15) is 0 Å². The number of likely N-dealkylation sites (N-methyl/N-ethyl adjacent to an activating group) is 1. The van der Waals surface area contributed by atoms with Crippen molar-refractivity contribution in [3.63, 3.8) is 0 Å². The fourth-order valence-corrected chi connectivity index (χ4v) is 5.27. The number of hydrogen-bond acceptors (Lipinski definition) is 4. The number of amides is 3. The van der Waals surface area contributed by atoms with Gasteiger partial charge in [0.2, 0.25) is 11.8 Å². The third kappa shape index (κ3) is 2.77. The smallest absolute Gasteiger partial charge is 0.254 e. The molecule has 3 saturated heterocycles. The number of likely N-dealkylation sites (tertiary alicyclic amines) is 1. The first kappa shape index (κ1) is 19.2. The summed E-state index contributed by atoms with van der Waals surface area (Å²) >= 11 is 0. The fraction of sp³-hybridized carbons (Fsp3) is 0.500. The average Bonchev–Trinajstić information content (AvgIpc) is 3.41. The first-order chi connectivity index (χ1) is 14.4. The van der Waals surface area contributed by atoms with E-state index in [4.69, 9.17) is 4.74 Å². The molecule has 4 aliphatic rings. The van der Waals surface area contributed by atoms with Crippen LogP contribution in [-0.2, 0) is 14.3 Å². The highest BCUT2D eigenvalue weighted by atomic mass is 19.1. The van der Waals surface area contributed by atoms with Crippen molar-refractivity contribution in [1.29, 1.82) is 0 Å². The van der Waals surface area contributed by atoms with Crippen molar-refractivity contribution in [3.8, 4) is 0 Å². The summed E-state index contributed by atoms with van der Waals surface area (Å²) in [6, 6.07) is 5.63. The maximum atomic E-state index is 13.4. The highest BCUT2D eigenvalue weighted by Crippen LogP contribution is 2.52. The van der Waals surface area contributed by atoms with Crippen LogP contribution in [0.4, 0.5) is 4.39 Å². The van der Waals surface area contributed by atoms with Crippen LogP contribution in [0.1, 0.15) is 17.3 Å². The van der Waals surface area contributed by atoms with E-state index in [1.807, 2.05) is 19.1 Å². The summed E-state index contributed by atoms with van der Waals surface area (Å²) in [4.78, 5) is 44.0. The highest BCUT2D eigenvalue weighted by molar-refractivity contribution is 5.95. The number of rotatable bonds is 3. The van der Waals surface area contributed by atoms with Crippen LogP contribution in [0.25, 0.3) is 0 Å². The zero-order chi connectivity index (χ0) is 21.0. The van der Waals surface area contributed by atoms with Gasteiger partial charge in [0.25, 0.3) is 5.91 Å². The summed E-state index contributed by atoms with van der Waals surface area (Å²) in [6.07, 6.45) is 3.50. The molecule has 4 atom stereocenters. The number of carbonyl (C=O) groups excluding carboxylic acids is 3. The Morgan fingerprint density at radius 2 is 1.93 bits per heavy atom. The van der Waals surface area contributed by atoms with Gasteiger partial charge in [-0.3, -0.25) is 14.4 Å². The summed E-state index contributed by atoms with van der Waals surface area (Å²) < 4.78 is 19.5. The summed E-state index contributed by atoms with van der Waals surface area (Å²) in [6.45, 7) is 4.55. The molecular formula is C22H24FN3O4. The predicted molar refractivity (Wildman–Crippen MR) is 105 cm³/mol. The topological polar surface area (TPSA) is 70.2 Å². The largest absolute Gasteiger partial charge is 0.360 e. The number of ether oxygens (including phenoxy) is 1. The van der Waals surface area contributed by atoms with Gasteiger partial charge in [0.15, 0.2) is 0 Å². The molecule has 0 aromatic heterocycles. The molecule has 3 fully saturated rings. The number of piperazine rings is 1. The molecule has 4 aliphatic heterocycles. The average molecular weight is 413 g/mol. The number of fused-ring (bicyclic) bond motifs is 1. The van der Waals surface area contributed by atoms with Crippen LogP contribution in [-0.4, -0.2) is 83.4 Å². The normalized spacial score (nSPS) is 32.1. The lowest BCUT2D eigenvalue weighted by atomic mass is 9.76. The molecule has 1 aromatic rings. The molecule has 8 heteroatoms. The number of halogens is 1. The van der Waals surface area contributed by atoms with Gasteiger partial charge >= 0.3 is 0 Å². The molecule has 158 valence electrons. The number of nitrogens with zero attached hydrogens (tertiary/aromatic N) is 3. The molecule has 0 saturated carbocycles. The molecular weight excluding hydrogens is 389 g/mol. The van der Waals surface area contributed by atoms with Gasteiger partial charge in [-0.15, -0.1) is 0 Å². The second kappa shape index (κ2) is 6.91. The molecule has 7 nitrogen and oxygen atoms in total. The van der Waals surface area contributed by atoms with Gasteiger partial charge in [-0.05, 0) is 25.1 Å². The Balaban J connectivity index is 1.27. The van der Waals surface area contributed by atoms with Crippen molar-refractivity contribution in [2.45, 2.75) is 18.6 Å². The molecule has 1 spiro atoms. The van der Waals surface area contributed by atoms with Crippen LogP contribution >= 0.6 is 0 Å². The van der Waals surface area contributed by atoms with Crippen LogP contribution < -0.4 is 0 Å². The molecule has 0 N–H and O–H groups in total. The van der Waals surface area contributed by atoms with Gasteiger partial charge in [-0.1, -0.05) is 18.2 Å². The van der Waals surface area contributed by atoms with Crippen molar-refractivity contribution < 1.29 is 23.5 Å². The first-order valence-corrected chi connectivity index (χ1v) is 10.4. The molecule has 30 heavy (non-hydrogen) atoms. The van der Waals surface area contributed by atoms with Crippen molar-refractivity contribution in [1.82, 2.24) is 14.7 Å². The second-order valence-electron chi connectivity index (χ2n) is 8.38. The van der Waals surface area contributed by atoms with E-state index in [2.05, 4.69) is 0 Å². The van der Waals surface area contributed by atoms with Crippen molar-refractivity contribution in [2.75, 3.05) is 39.3 Å². The number of hydrogen-bond donors (Lipinski definition) is 0. The van der Waals surface area contributed by atoms with Crippen LogP contribution in [0, 0.1) is 17.7 Å². The fourth-order valence-electron chi connectivity index (χ4n) is 5.27. The quantitative estimate of drug-likeness (QED) is 0.691. The minimum Gasteiger partial charge on any atom is -0.360 e. The molecule has 4 heterocycles. The van der Waals surface area contributed by atoms with E-state index in [1.54, 1.807) is 20.8 Å². The van der Waals surface area contributed by atoms with Crippen molar-refractivity contribution in [2.24, 2.45) is 11.8 Å². The monoisotopic (exact) mass is 413 g/mol. The Bertz CT molecular complexity index is 942. The van der Waals surface area contributed by atoms with Gasteiger partial charge in [0.05, 0.1) is 24.5 Å². The summed E-state index contributed by atoms with van der Waals surface area (Å²) in [5.74, 6) is -1.76. The number of carbonyl (C=O) groups is 3. The maximum Gasteiger partial charge on any atom is 0.254 e. The SMILES string of the molecule is CCN1C[C@@]23C=C[C@@H](O2)[C@H](C(=O)N2CCN(C(=O)c4cccc(F)c4)CC2)[C@H]3C1=O. The van der Waals surface area contributed by atoms with Gasteiger partial charge in [-0.25, -0.2) is 4.39 Å². The van der Waals surface area contributed by atoms with Gasteiger partial charge in [0, 0.05) is 38.3 Å². The third-order valence-corrected chi connectivity index (χ3v) is 6.80. The summed E-state index contributed by atoms with van der Waals surface area (Å²) in [5, 5.41) is 0. The standard InChI is InChI=1S/C22H24FN3O4/c1-2-24-13-22-7-6-16(30-22)17(18(22)21(24)29)20(28)26-10-8-25(9-11-26)19(27)14-4-3-5-15(23)12-14/h3-7,12,16-18H,2,8-11,13H2,1H3/t16-,17+,18+,22-/m1/s1. The Labute approximate surface area is 174 Å². The first-order valence-electron chi connectivity index (χ1n) is 10.4. The van der Waals surface area contributed by atoms with Crippen molar-refractivity contribution >= 4 is 17.7 Å². The van der Waals surface area contributed by atoms with Gasteiger partial charge in [0.1, 0.15) is 11.4 Å². The number of benzene rings is 1. The zero-order valence-electron chi connectivity index (χ0n) is 16.8. The molecule has 2 bridgehead atoms. The zero-order valence-corrected chi connectivity index (χ0v) is 16.8. The highest BCUT2D eigenvalue weighted by Gasteiger charge is 2.67. The van der Waals surface area contributed by atoms with Crippen LogP contribution in [0.3, 0.4) is 0 Å². The molecule has 0 radical (unpaired) electrons. The van der Waals surface area contributed by atoms with E-state index >= 15 is 0 Å². The Kier molecular flexibility index (Phi) is 4.43. The lowest BCUT2D eigenvalue weighted by Gasteiger charge is -2.37. The van der Waals surface area contributed by atoms with Crippen molar-refractivity contribution in [3.05, 3.63) is 47.8 Å². The summed E-state index contributed by atoms with van der Waals surface area (Å²) in [7, 11) is 0. The maximum absolute atomic E-state index is 13.4. The minimum atomic E-state index is -0.673. The van der Waals surface area contributed by atoms with E-state index in [0.717, 1.165) is 0 Å². The Morgan fingerprint density at radius 1 is 1.20 bits per heavy atom. The van der Waals surface area contributed by atoms with Gasteiger partial charge < -0.3 is 19.4 Å². The second-order valence-corrected chi connectivity index (χ2v) is 8.38. The van der Waals surface area contributed by atoms with Crippen LogP contribution in [0.15, 0.2) is 36.4 Å². The lowest BCUT2D eigenvalue weighted by Crippen LogP contribution is -2.54. The van der Waals surface area contributed by atoms with E-state index < -0.39 is 23.3 Å². The van der Waals surface area contributed by atoms with Crippen LogP contribution in [0.2, 0.25) is 0 Å². The van der Waals surface area contributed by atoms with E-state index in [9.17, 15) is 18.8 Å². The van der Waals surface area contributed by atoms with E-state index in [0.29, 0.717) is 44.8 Å². The van der Waals surface area contributed by atoms with E-state index in [1.165, 1.54) is 18.2 Å². The molecule has 0 unspecified atom stereocenters. The minimum absolute atomic E-state index is 0.0115. The lowest BCUT2D eigenvalue weighted by molar-refractivity contribution is -0.144. The molecule has 0 aliphatic carbocycles. The Hall–Kier alpha value is -2.74. The van der Waals surface area contributed by atoms with E-state index in [-0.39, 0.29) is 23.8 Å². The van der Waals surface area contributed by atoms with Crippen LogP contribution in [0.5, 0.6) is 0 Å². The molecule has 5 rings (SSSR count). The molecule has 3 amide bonds. The Morgan fingerprint density at radius 3 is 2.63 bits per heavy atom. The summed E-state index contributed by atoms with van der Waals surface area (Å²) in [5.41, 5.74) is -0.368.